The van der Waals surface area contributed by atoms with Gasteiger partial charge >= 0.3 is 0 Å². The minimum absolute atomic E-state index is 0.0244. The number of rotatable bonds is 5. The number of halogens is 3. The van der Waals surface area contributed by atoms with Gasteiger partial charge in [0.15, 0.2) is 9.84 Å². The molecule has 3 rings (SSSR count). The third kappa shape index (κ3) is 5.36. The Bertz CT molecular complexity index is 1030. The van der Waals surface area contributed by atoms with E-state index in [0.717, 1.165) is 12.8 Å². The van der Waals surface area contributed by atoms with Crippen LogP contribution in [-0.2, 0) is 9.84 Å². The first-order chi connectivity index (χ1) is 13.7. The van der Waals surface area contributed by atoms with E-state index in [1.165, 1.54) is 36.4 Å². The van der Waals surface area contributed by atoms with E-state index in [2.05, 4.69) is 21.2 Å². The van der Waals surface area contributed by atoms with Crippen molar-refractivity contribution in [3.63, 3.8) is 0 Å². The first-order valence-corrected chi connectivity index (χ1v) is 12.0. The van der Waals surface area contributed by atoms with E-state index in [0.29, 0.717) is 18.5 Å². The Morgan fingerprint density at radius 1 is 1.21 bits per heavy atom. The molecule has 1 aliphatic carbocycles. The Hall–Kier alpha value is -1.48. The Labute approximate surface area is 182 Å². The molecule has 29 heavy (non-hydrogen) atoms. The molecule has 9 heteroatoms. The quantitative estimate of drug-likeness (QED) is 0.612. The van der Waals surface area contributed by atoms with E-state index in [1.807, 2.05) is 0 Å². The summed E-state index contributed by atoms with van der Waals surface area (Å²) in [7, 11) is -3.79. The van der Waals surface area contributed by atoms with Crippen molar-refractivity contribution >= 4 is 49.0 Å². The van der Waals surface area contributed by atoms with Gasteiger partial charge in [-0.25, -0.2) is 12.8 Å². The minimum Gasteiger partial charge on any atom is -0.393 e. The molecule has 1 amide bonds. The molecule has 1 fully saturated rings. The maximum absolute atomic E-state index is 13.3. The molecule has 1 saturated carbocycles. The molecule has 2 atom stereocenters. The van der Waals surface area contributed by atoms with Crippen molar-refractivity contribution in [3.05, 3.63) is 57.3 Å². The third-order valence-corrected chi connectivity index (χ3v) is 7.93. The molecule has 156 valence electrons. The fraction of sp³-hybridized carbons (Fsp3) is 0.350. The molecule has 2 aromatic carbocycles. The fourth-order valence-corrected chi connectivity index (χ4v) is 6.07. The summed E-state index contributed by atoms with van der Waals surface area (Å²) in [5.74, 6) is -1.58. The van der Waals surface area contributed by atoms with Gasteiger partial charge < -0.3 is 10.4 Å². The van der Waals surface area contributed by atoms with Crippen LogP contribution in [0.3, 0.4) is 0 Å². The summed E-state index contributed by atoms with van der Waals surface area (Å²) in [5.41, 5.74) is 0.463. The topological polar surface area (TPSA) is 83.5 Å². The largest absolute Gasteiger partial charge is 0.393 e. The summed E-state index contributed by atoms with van der Waals surface area (Å²) in [6, 6.07) is 8.03. The number of hydrogen-bond acceptors (Lipinski definition) is 4. The summed E-state index contributed by atoms with van der Waals surface area (Å²) in [6.07, 6.45) is 2.33. The highest BCUT2D eigenvalue weighted by atomic mass is 79.9. The fourth-order valence-electron chi connectivity index (χ4n) is 3.41. The Kier molecular flexibility index (Phi) is 6.98. The van der Waals surface area contributed by atoms with Gasteiger partial charge in [-0.05, 0) is 71.1 Å². The number of amides is 1. The monoisotopic (exact) mass is 503 g/mol. The number of carbonyl (C=O) groups excluding carboxylic acids is 1. The lowest BCUT2D eigenvalue weighted by molar-refractivity contribution is 0.0807. The van der Waals surface area contributed by atoms with Crippen LogP contribution in [0.15, 0.2) is 45.8 Å². The Balaban J connectivity index is 1.83. The molecule has 1 aliphatic rings. The van der Waals surface area contributed by atoms with E-state index in [1.54, 1.807) is 0 Å². The van der Waals surface area contributed by atoms with Crippen molar-refractivity contribution in [2.24, 2.45) is 5.92 Å². The number of hydrogen-bond donors (Lipinski definition) is 2. The maximum atomic E-state index is 13.3. The average molecular weight is 505 g/mol. The Morgan fingerprint density at radius 3 is 2.62 bits per heavy atom. The highest BCUT2D eigenvalue weighted by molar-refractivity contribution is 9.10. The number of aliphatic hydroxyl groups excluding tert-OH is 1. The van der Waals surface area contributed by atoms with Crippen LogP contribution in [0, 0.1) is 11.7 Å². The molecule has 2 unspecified atom stereocenters. The lowest BCUT2D eigenvalue weighted by atomic mass is 9.88. The number of carbonyl (C=O) groups is 1. The van der Waals surface area contributed by atoms with Crippen LogP contribution < -0.4 is 5.32 Å². The summed E-state index contributed by atoms with van der Waals surface area (Å²) < 4.78 is 39.4. The molecule has 2 N–H and O–H groups in total. The second-order valence-corrected chi connectivity index (χ2v) is 10.4. The molecular formula is C20H20BrClFNO4S. The van der Waals surface area contributed by atoms with Gasteiger partial charge in [0.2, 0.25) is 0 Å². The predicted octanol–water partition coefficient (Wildman–Crippen LogP) is 4.82. The predicted molar refractivity (Wildman–Crippen MR) is 114 cm³/mol. The summed E-state index contributed by atoms with van der Waals surface area (Å²) >= 11 is 9.16. The number of anilines is 1. The van der Waals surface area contributed by atoms with E-state index >= 15 is 0 Å². The molecule has 0 radical (unpaired) electrons. The molecule has 0 saturated heterocycles. The molecule has 0 spiro atoms. The van der Waals surface area contributed by atoms with Crippen molar-refractivity contribution in [3.8, 4) is 0 Å². The zero-order valence-corrected chi connectivity index (χ0v) is 18.5. The zero-order valence-electron chi connectivity index (χ0n) is 15.4. The van der Waals surface area contributed by atoms with Crippen LogP contribution in [0.25, 0.3) is 0 Å². The van der Waals surface area contributed by atoms with E-state index in [9.17, 15) is 22.7 Å². The van der Waals surface area contributed by atoms with E-state index in [4.69, 9.17) is 11.6 Å². The van der Waals surface area contributed by atoms with Crippen molar-refractivity contribution in [1.29, 1.82) is 0 Å². The number of nitrogens with one attached hydrogen (secondary N) is 1. The minimum atomic E-state index is -3.79. The van der Waals surface area contributed by atoms with E-state index in [-0.39, 0.29) is 31.6 Å². The second-order valence-electron chi connectivity index (χ2n) is 7.12. The van der Waals surface area contributed by atoms with Gasteiger partial charge in [0.05, 0.1) is 26.2 Å². The third-order valence-electron chi connectivity index (χ3n) is 5.01. The lowest BCUT2D eigenvalue weighted by Gasteiger charge is -2.27. The first-order valence-electron chi connectivity index (χ1n) is 9.14. The number of benzene rings is 2. The first kappa shape index (κ1) is 22.2. The average Bonchev–Trinajstić information content (AvgIpc) is 2.66. The van der Waals surface area contributed by atoms with Crippen molar-refractivity contribution < 1.29 is 22.7 Å². The highest BCUT2D eigenvalue weighted by Gasteiger charge is 2.30. The van der Waals surface area contributed by atoms with Crippen LogP contribution in [0.1, 0.15) is 36.0 Å². The highest BCUT2D eigenvalue weighted by Crippen LogP contribution is 2.31. The molecule has 0 aliphatic heterocycles. The number of aliphatic hydroxyl groups is 1. The standard InChI is InChI=1S/C20H20BrClFNO4S/c21-15-10-14(6-8-17(15)23)24-20(26)12-5-7-16(22)19(9-12)29(27,28)11-13-3-1-2-4-18(13)25/h5-10,13,18,25H,1-4,11H2,(H,24,26). The SMILES string of the molecule is O=C(Nc1ccc(F)c(Br)c1)c1ccc(Cl)c(S(=O)(=O)CC2CCCCC2O)c1. The summed E-state index contributed by atoms with van der Waals surface area (Å²) in [4.78, 5) is 12.4. The van der Waals surface area contributed by atoms with Gasteiger partial charge in [-0.3, -0.25) is 4.79 Å². The molecule has 0 heterocycles. The number of sulfone groups is 1. The summed E-state index contributed by atoms with van der Waals surface area (Å²) in [5, 5.41) is 12.7. The van der Waals surface area contributed by atoms with Crippen molar-refractivity contribution in [1.82, 2.24) is 0 Å². The smallest absolute Gasteiger partial charge is 0.255 e. The van der Waals surface area contributed by atoms with Gasteiger partial charge in [-0.15, -0.1) is 0 Å². The van der Waals surface area contributed by atoms with Crippen LogP contribution in [0.5, 0.6) is 0 Å². The molecule has 0 bridgehead atoms. The molecular weight excluding hydrogens is 485 g/mol. The van der Waals surface area contributed by atoms with Crippen LogP contribution in [-0.4, -0.2) is 31.3 Å². The second kappa shape index (κ2) is 9.12. The van der Waals surface area contributed by atoms with Crippen LogP contribution >= 0.6 is 27.5 Å². The van der Waals surface area contributed by atoms with Gasteiger partial charge in [-0.2, -0.15) is 0 Å². The Morgan fingerprint density at radius 2 is 1.93 bits per heavy atom. The van der Waals surface area contributed by atoms with Gasteiger partial charge in [0.1, 0.15) is 5.82 Å². The van der Waals surface area contributed by atoms with Gasteiger partial charge in [0.25, 0.3) is 5.91 Å². The van der Waals surface area contributed by atoms with Crippen LogP contribution in [0.4, 0.5) is 10.1 Å². The summed E-state index contributed by atoms with van der Waals surface area (Å²) in [6.45, 7) is 0. The normalized spacial score (nSPS) is 19.7. The van der Waals surface area contributed by atoms with Crippen molar-refractivity contribution in [2.75, 3.05) is 11.1 Å². The lowest BCUT2D eigenvalue weighted by Crippen LogP contribution is -2.30. The molecule has 2 aromatic rings. The zero-order chi connectivity index (χ0) is 21.2. The van der Waals surface area contributed by atoms with E-state index < -0.39 is 27.7 Å². The molecule has 5 nitrogen and oxygen atoms in total. The maximum Gasteiger partial charge on any atom is 0.255 e. The van der Waals surface area contributed by atoms with Gasteiger partial charge in [0, 0.05) is 11.3 Å². The van der Waals surface area contributed by atoms with Gasteiger partial charge in [-0.1, -0.05) is 24.4 Å². The van der Waals surface area contributed by atoms with Crippen molar-refractivity contribution in [2.45, 2.75) is 36.7 Å². The molecule has 0 aromatic heterocycles. The van der Waals surface area contributed by atoms with Crippen LogP contribution in [0.2, 0.25) is 5.02 Å².